The van der Waals surface area contributed by atoms with Crippen LogP contribution in [-0.2, 0) is 19.1 Å². The number of ether oxygens (including phenoxy) is 2. The summed E-state index contributed by atoms with van der Waals surface area (Å²) in [5.74, 6) is -1.47. The predicted octanol–water partition coefficient (Wildman–Crippen LogP) is 0.491. The summed E-state index contributed by atoms with van der Waals surface area (Å²) in [6, 6.07) is 0. The molecule has 0 amide bonds. The molecule has 0 aromatic rings. The molecule has 6 heteroatoms. The van der Waals surface area contributed by atoms with Gasteiger partial charge in [0, 0.05) is 5.92 Å². The van der Waals surface area contributed by atoms with Crippen molar-refractivity contribution in [3.8, 4) is 0 Å². The van der Waals surface area contributed by atoms with E-state index in [1.54, 1.807) is 27.7 Å². The van der Waals surface area contributed by atoms with Crippen molar-refractivity contribution < 1.29 is 19.1 Å². The molecule has 0 aliphatic heterocycles. The predicted molar refractivity (Wildman–Crippen MR) is 63.5 cm³/mol. The maximum Gasteiger partial charge on any atom is 0.360 e. The largest absolute Gasteiger partial charge is 0.436 e. The highest BCUT2D eigenvalue weighted by Crippen LogP contribution is 2.05. The normalized spacial score (nSPS) is 14.5. The van der Waals surface area contributed by atoms with Gasteiger partial charge in [-0.25, -0.2) is 4.79 Å². The summed E-state index contributed by atoms with van der Waals surface area (Å²) in [6.07, 6.45) is -2.65. The van der Waals surface area contributed by atoms with Gasteiger partial charge in [0.2, 0.25) is 12.5 Å². The SMILES string of the molecule is C=NC(OC(C)C)C(=O)OC(N)C(=O)C(C)C. The Labute approximate surface area is 101 Å². The average Bonchev–Trinajstić information content (AvgIpc) is 2.23. The highest BCUT2D eigenvalue weighted by atomic mass is 16.6. The van der Waals surface area contributed by atoms with Crippen LogP contribution >= 0.6 is 0 Å². The van der Waals surface area contributed by atoms with Gasteiger partial charge < -0.3 is 9.47 Å². The number of aliphatic imine (C=N–C) groups is 1. The molecule has 98 valence electrons. The van der Waals surface area contributed by atoms with Gasteiger partial charge in [0.25, 0.3) is 0 Å². The van der Waals surface area contributed by atoms with Crippen molar-refractivity contribution in [2.45, 2.75) is 46.3 Å². The molecule has 0 aliphatic carbocycles. The number of esters is 1. The van der Waals surface area contributed by atoms with Gasteiger partial charge in [-0.1, -0.05) is 13.8 Å². The molecule has 2 unspecified atom stereocenters. The molecule has 0 aliphatic rings. The Bertz CT molecular complexity index is 289. The van der Waals surface area contributed by atoms with Crippen molar-refractivity contribution in [3.05, 3.63) is 0 Å². The van der Waals surface area contributed by atoms with Crippen molar-refractivity contribution in [3.63, 3.8) is 0 Å². The van der Waals surface area contributed by atoms with Crippen molar-refractivity contribution in [1.29, 1.82) is 0 Å². The Morgan fingerprint density at radius 1 is 1.24 bits per heavy atom. The summed E-state index contributed by atoms with van der Waals surface area (Å²) in [5, 5.41) is 0. The highest BCUT2D eigenvalue weighted by molar-refractivity contribution is 5.87. The first-order chi connectivity index (χ1) is 7.79. The van der Waals surface area contributed by atoms with Crippen LogP contribution in [0.5, 0.6) is 0 Å². The van der Waals surface area contributed by atoms with Crippen LogP contribution in [0.3, 0.4) is 0 Å². The molecule has 0 aromatic carbocycles. The van der Waals surface area contributed by atoms with Gasteiger partial charge in [0.1, 0.15) is 0 Å². The number of carbonyl (C=O) groups is 2. The maximum absolute atomic E-state index is 11.5. The van der Waals surface area contributed by atoms with E-state index in [2.05, 4.69) is 11.7 Å². The minimum atomic E-state index is -1.29. The second kappa shape index (κ2) is 7.13. The van der Waals surface area contributed by atoms with Crippen LogP contribution in [0.4, 0.5) is 0 Å². The van der Waals surface area contributed by atoms with E-state index in [4.69, 9.17) is 15.2 Å². The summed E-state index contributed by atoms with van der Waals surface area (Å²) < 4.78 is 9.89. The molecule has 0 heterocycles. The van der Waals surface area contributed by atoms with Crippen molar-refractivity contribution in [2.24, 2.45) is 16.6 Å². The molecule has 0 saturated heterocycles. The number of Topliss-reactive ketones (excluding diaryl/α,β-unsaturated/α-hetero) is 1. The van der Waals surface area contributed by atoms with Gasteiger partial charge in [-0.3, -0.25) is 15.5 Å². The second-order valence-electron chi connectivity index (χ2n) is 4.13. The number of nitrogens with zero attached hydrogens (tertiary/aromatic N) is 1. The number of rotatable bonds is 7. The Morgan fingerprint density at radius 3 is 2.12 bits per heavy atom. The summed E-state index contributed by atoms with van der Waals surface area (Å²) in [4.78, 5) is 26.4. The molecule has 0 rings (SSSR count). The van der Waals surface area contributed by atoms with Gasteiger partial charge >= 0.3 is 5.97 Å². The van der Waals surface area contributed by atoms with Crippen LogP contribution in [0.1, 0.15) is 27.7 Å². The molecule has 17 heavy (non-hydrogen) atoms. The maximum atomic E-state index is 11.5. The zero-order chi connectivity index (χ0) is 13.6. The van der Waals surface area contributed by atoms with E-state index in [9.17, 15) is 9.59 Å². The lowest BCUT2D eigenvalue weighted by Crippen LogP contribution is -2.41. The quantitative estimate of drug-likeness (QED) is 0.400. The number of hydrogen-bond donors (Lipinski definition) is 1. The Morgan fingerprint density at radius 2 is 1.76 bits per heavy atom. The third kappa shape index (κ3) is 5.55. The van der Waals surface area contributed by atoms with Gasteiger partial charge in [-0.05, 0) is 20.6 Å². The molecule has 0 fully saturated rings. The van der Waals surface area contributed by atoms with Crippen LogP contribution in [0.2, 0.25) is 0 Å². The van der Waals surface area contributed by atoms with E-state index in [0.29, 0.717) is 0 Å². The van der Waals surface area contributed by atoms with E-state index < -0.39 is 18.4 Å². The molecule has 0 spiro atoms. The van der Waals surface area contributed by atoms with Crippen molar-refractivity contribution in [1.82, 2.24) is 0 Å². The summed E-state index contributed by atoms with van der Waals surface area (Å²) in [7, 11) is 0. The lowest BCUT2D eigenvalue weighted by molar-refractivity contribution is -0.168. The number of hydrogen-bond acceptors (Lipinski definition) is 6. The lowest BCUT2D eigenvalue weighted by atomic mass is 10.1. The van der Waals surface area contributed by atoms with Crippen molar-refractivity contribution in [2.75, 3.05) is 0 Å². The second-order valence-corrected chi connectivity index (χ2v) is 4.13. The molecule has 2 N–H and O–H groups in total. The van der Waals surface area contributed by atoms with E-state index >= 15 is 0 Å². The van der Waals surface area contributed by atoms with Crippen LogP contribution in [0.25, 0.3) is 0 Å². The van der Waals surface area contributed by atoms with Crippen molar-refractivity contribution >= 4 is 18.5 Å². The summed E-state index contributed by atoms with van der Waals surface area (Å²) >= 11 is 0. The number of nitrogens with two attached hydrogens (primary N) is 1. The molecular formula is C11H20N2O4. The summed E-state index contributed by atoms with van der Waals surface area (Å²) in [6.45, 7) is 10.0. The number of carbonyl (C=O) groups excluding carboxylic acids is 2. The average molecular weight is 244 g/mol. The van der Waals surface area contributed by atoms with Gasteiger partial charge in [0.05, 0.1) is 6.10 Å². The fourth-order valence-corrected chi connectivity index (χ4v) is 1.00. The molecule has 6 nitrogen and oxygen atoms in total. The zero-order valence-corrected chi connectivity index (χ0v) is 10.7. The monoisotopic (exact) mass is 244 g/mol. The minimum Gasteiger partial charge on any atom is -0.436 e. The first-order valence-electron chi connectivity index (χ1n) is 5.40. The fraction of sp³-hybridized carbons (Fsp3) is 0.727. The Kier molecular flexibility index (Phi) is 6.60. The molecule has 0 bridgehead atoms. The first-order valence-corrected chi connectivity index (χ1v) is 5.40. The third-order valence-electron chi connectivity index (χ3n) is 1.86. The van der Waals surface area contributed by atoms with Crippen LogP contribution in [0, 0.1) is 5.92 Å². The first kappa shape index (κ1) is 15.7. The van der Waals surface area contributed by atoms with E-state index in [0.717, 1.165) is 0 Å². The minimum absolute atomic E-state index is 0.213. The standard InChI is InChI=1S/C11H20N2O4/c1-6(2)8(14)9(12)17-11(15)10(13-5)16-7(3)4/h6-7,9-10H,5,12H2,1-4H3. The fourth-order valence-electron chi connectivity index (χ4n) is 1.00. The molecule has 0 aromatic heterocycles. The Hall–Kier alpha value is -1.27. The van der Waals surface area contributed by atoms with Gasteiger partial charge in [-0.2, -0.15) is 0 Å². The summed E-state index contributed by atoms with van der Waals surface area (Å²) in [5.41, 5.74) is 5.43. The molecule has 0 radical (unpaired) electrons. The molecule has 2 atom stereocenters. The lowest BCUT2D eigenvalue weighted by Gasteiger charge is -2.18. The molecular weight excluding hydrogens is 224 g/mol. The van der Waals surface area contributed by atoms with E-state index in [1.165, 1.54) is 0 Å². The van der Waals surface area contributed by atoms with Crippen LogP contribution in [-0.4, -0.2) is 37.0 Å². The topological polar surface area (TPSA) is 91.0 Å². The van der Waals surface area contributed by atoms with E-state index in [1.807, 2.05) is 0 Å². The highest BCUT2D eigenvalue weighted by Gasteiger charge is 2.26. The van der Waals surface area contributed by atoms with Gasteiger partial charge in [0.15, 0.2) is 5.78 Å². The number of ketones is 1. The van der Waals surface area contributed by atoms with Crippen LogP contribution < -0.4 is 5.73 Å². The van der Waals surface area contributed by atoms with Gasteiger partial charge in [-0.15, -0.1) is 0 Å². The Balaban J connectivity index is 4.41. The van der Waals surface area contributed by atoms with Crippen LogP contribution in [0.15, 0.2) is 4.99 Å². The zero-order valence-electron chi connectivity index (χ0n) is 10.7. The smallest absolute Gasteiger partial charge is 0.360 e. The molecule has 0 saturated carbocycles. The van der Waals surface area contributed by atoms with E-state index in [-0.39, 0.29) is 17.8 Å². The third-order valence-corrected chi connectivity index (χ3v) is 1.86.